The molecule has 3 fully saturated rings. The van der Waals surface area contributed by atoms with Crippen LogP contribution in [0.1, 0.15) is 47.2 Å². The van der Waals surface area contributed by atoms with Crippen LogP contribution in [-0.2, 0) is 20.5 Å². The molecule has 166 valence electrons. The van der Waals surface area contributed by atoms with Gasteiger partial charge in [-0.1, -0.05) is 12.1 Å². The summed E-state index contributed by atoms with van der Waals surface area (Å²) in [6.07, 6.45) is 5.13. The van der Waals surface area contributed by atoms with Crippen LogP contribution in [0.2, 0.25) is 0 Å². The fraction of sp³-hybridized carbons (Fsp3) is 0.458. The maximum absolute atomic E-state index is 13.6. The monoisotopic (exact) mass is 439 g/mol. The van der Waals surface area contributed by atoms with Crippen LogP contribution < -0.4 is 4.90 Å². The number of fused-ring (bicyclic) bond motifs is 2. The molecule has 3 aliphatic heterocycles. The lowest BCUT2D eigenvalue weighted by Crippen LogP contribution is -2.40. The Morgan fingerprint density at radius 1 is 1.00 bits per heavy atom. The van der Waals surface area contributed by atoms with Crippen molar-refractivity contribution in [2.75, 3.05) is 31.1 Å². The van der Waals surface area contributed by atoms with Crippen LogP contribution >= 0.6 is 0 Å². The number of nitrogens with zero attached hydrogens (tertiary/aromatic N) is 3. The van der Waals surface area contributed by atoms with Crippen LogP contribution in [0.15, 0.2) is 42.7 Å². The number of pyridine rings is 1. The van der Waals surface area contributed by atoms with E-state index in [4.69, 9.17) is 4.74 Å². The molecule has 2 aromatic rings. The van der Waals surface area contributed by atoms with E-state index in [2.05, 4.69) is 4.98 Å². The van der Waals surface area contributed by atoms with Gasteiger partial charge in [-0.25, -0.2) is 13.6 Å². The van der Waals surface area contributed by atoms with Crippen molar-refractivity contribution in [3.05, 3.63) is 59.4 Å². The van der Waals surface area contributed by atoms with Crippen molar-refractivity contribution in [1.29, 1.82) is 0 Å². The maximum atomic E-state index is 13.6. The Hall–Kier alpha value is -3.03. The van der Waals surface area contributed by atoms with Crippen LogP contribution in [0, 0.1) is 0 Å². The zero-order valence-electron chi connectivity index (χ0n) is 17.5. The van der Waals surface area contributed by atoms with Crippen molar-refractivity contribution in [2.45, 2.75) is 42.6 Å². The van der Waals surface area contributed by atoms with Gasteiger partial charge >= 0.3 is 5.97 Å². The van der Waals surface area contributed by atoms with Gasteiger partial charge in [-0.05, 0) is 36.6 Å². The lowest BCUT2D eigenvalue weighted by atomic mass is 9.92. The number of anilines is 1. The number of hydrogen-bond donors (Lipinski definition) is 0. The molecular formula is C24H23F2N3O3. The second-order valence-corrected chi connectivity index (χ2v) is 9.44. The number of carbonyl (C=O) groups excluding carboxylic acids is 2. The van der Waals surface area contributed by atoms with E-state index in [0.29, 0.717) is 31.6 Å². The van der Waals surface area contributed by atoms with Crippen LogP contribution in [0.3, 0.4) is 0 Å². The average Bonchev–Trinajstić information content (AvgIpc) is 3.25. The molecule has 1 aliphatic carbocycles. The summed E-state index contributed by atoms with van der Waals surface area (Å²) in [6, 6.07) is 9.30. The van der Waals surface area contributed by atoms with Gasteiger partial charge < -0.3 is 14.5 Å². The van der Waals surface area contributed by atoms with E-state index in [1.807, 2.05) is 35.2 Å². The molecule has 8 heteroatoms. The highest BCUT2D eigenvalue weighted by Crippen LogP contribution is 2.52. The largest absolute Gasteiger partial charge is 0.449 e. The van der Waals surface area contributed by atoms with Crippen LogP contribution in [0.25, 0.3) is 0 Å². The quantitative estimate of drug-likeness (QED) is 0.687. The van der Waals surface area contributed by atoms with E-state index in [1.165, 1.54) is 6.20 Å². The van der Waals surface area contributed by atoms with Crippen LogP contribution in [0.4, 0.5) is 14.5 Å². The molecule has 0 bridgehead atoms. The van der Waals surface area contributed by atoms with E-state index in [9.17, 15) is 18.4 Å². The first-order valence-electron chi connectivity index (χ1n) is 11.0. The summed E-state index contributed by atoms with van der Waals surface area (Å²) in [7, 11) is 0. The highest BCUT2D eigenvalue weighted by atomic mass is 19.3. The summed E-state index contributed by atoms with van der Waals surface area (Å²) >= 11 is 0. The number of esters is 1. The van der Waals surface area contributed by atoms with E-state index < -0.39 is 16.9 Å². The first-order chi connectivity index (χ1) is 15.3. The third kappa shape index (κ3) is 2.84. The van der Waals surface area contributed by atoms with E-state index in [-0.39, 0.29) is 24.8 Å². The zero-order valence-corrected chi connectivity index (χ0v) is 17.5. The van der Waals surface area contributed by atoms with Crippen molar-refractivity contribution < 1.29 is 23.1 Å². The minimum absolute atomic E-state index is 0.0494. The highest BCUT2D eigenvalue weighted by molar-refractivity contribution is 5.95. The van der Waals surface area contributed by atoms with Crippen molar-refractivity contribution in [3.8, 4) is 0 Å². The van der Waals surface area contributed by atoms with Crippen molar-refractivity contribution in [1.82, 2.24) is 9.88 Å². The second kappa shape index (κ2) is 6.49. The predicted molar refractivity (Wildman–Crippen MR) is 112 cm³/mol. The molecule has 1 saturated carbocycles. The number of alkyl halides is 2. The lowest BCUT2D eigenvalue weighted by Gasteiger charge is -2.27. The SMILES string of the molecule is O=C1OC2(CCN(C(=O)C3(c4ccc(N5CCC(F)(F)C5)cc4)CC3)C2)c2ccncc21. The number of benzene rings is 1. The number of rotatable bonds is 3. The lowest BCUT2D eigenvalue weighted by molar-refractivity contribution is -0.134. The Morgan fingerprint density at radius 3 is 2.47 bits per heavy atom. The van der Waals surface area contributed by atoms with E-state index in [0.717, 1.165) is 29.7 Å². The van der Waals surface area contributed by atoms with Gasteiger partial charge in [-0.2, -0.15) is 0 Å². The van der Waals surface area contributed by atoms with Gasteiger partial charge in [0.05, 0.1) is 24.1 Å². The molecule has 1 unspecified atom stereocenters. The van der Waals surface area contributed by atoms with Gasteiger partial charge in [0.15, 0.2) is 5.60 Å². The molecule has 1 aromatic carbocycles. The van der Waals surface area contributed by atoms with Gasteiger partial charge in [-0.3, -0.25) is 9.78 Å². The topological polar surface area (TPSA) is 62.7 Å². The van der Waals surface area contributed by atoms with Gasteiger partial charge in [0, 0.05) is 49.6 Å². The summed E-state index contributed by atoms with van der Waals surface area (Å²) in [4.78, 5) is 33.4. The molecule has 4 heterocycles. The van der Waals surface area contributed by atoms with Crippen molar-refractivity contribution >= 4 is 17.6 Å². The molecule has 1 aromatic heterocycles. The summed E-state index contributed by atoms with van der Waals surface area (Å²) in [5.74, 6) is -2.98. The minimum Gasteiger partial charge on any atom is -0.449 e. The number of aromatic nitrogens is 1. The third-order valence-corrected chi connectivity index (χ3v) is 7.45. The predicted octanol–water partition coefficient (Wildman–Crippen LogP) is 3.26. The summed E-state index contributed by atoms with van der Waals surface area (Å²) < 4.78 is 32.9. The maximum Gasteiger partial charge on any atom is 0.341 e. The molecule has 0 radical (unpaired) electrons. The van der Waals surface area contributed by atoms with Crippen LogP contribution in [-0.4, -0.2) is 53.9 Å². The van der Waals surface area contributed by atoms with Crippen molar-refractivity contribution in [3.63, 3.8) is 0 Å². The second-order valence-electron chi connectivity index (χ2n) is 9.44. The summed E-state index contributed by atoms with van der Waals surface area (Å²) in [5.41, 5.74) is 1.62. The normalized spacial score (nSPS) is 27.0. The molecular weight excluding hydrogens is 416 g/mol. The fourth-order valence-corrected chi connectivity index (χ4v) is 5.50. The molecule has 6 nitrogen and oxygen atoms in total. The molecule has 6 rings (SSSR count). The van der Waals surface area contributed by atoms with Gasteiger partial charge in [0.2, 0.25) is 5.91 Å². The smallest absolute Gasteiger partial charge is 0.341 e. The number of hydrogen-bond acceptors (Lipinski definition) is 5. The summed E-state index contributed by atoms with van der Waals surface area (Å²) in [5, 5.41) is 0. The Morgan fingerprint density at radius 2 is 1.78 bits per heavy atom. The minimum atomic E-state index is -2.64. The molecule has 1 atom stereocenters. The molecule has 2 saturated heterocycles. The zero-order chi connectivity index (χ0) is 22.1. The average molecular weight is 439 g/mol. The first kappa shape index (κ1) is 19.6. The number of carbonyl (C=O) groups is 2. The Bertz CT molecular complexity index is 1120. The molecule has 4 aliphatic rings. The number of likely N-dealkylation sites (tertiary alicyclic amines) is 1. The molecule has 0 N–H and O–H groups in total. The number of halogens is 2. The Kier molecular flexibility index (Phi) is 3.99. The third-order valence-electron chi connectivity index (χ3n) is 7.45. The van der Waals surface area contributed by atoms with Gasteiger partial charge in [-0.15, -0.1) is 0 Å². The first-order valence-corrected chi connectivity index (χ1v) is 11.0. The fourth-order valence-electron chi connectivity index (χ4n) is 5.50. The Labute approximate surface area is 184 Å². The highest BCUT2D eigenvalue weighted by Gasteiger charge is 2.57. The van der Waals surface area contributed by atoms with Crippen molar-refractivity contribution in [2.24, 2.45) is 0 Å². The number of ether oxygens (including phenoxy) is 1. The molecule has 32 heavy (non-hydrogen) atoms. The van der Waals surface area contributed by atoms with E-state index >= 15 is 0 Å². The van der Waals surface area contributed by atoms with E-state index in [1.54, 1.807) is 11.1 Å². The summed E-state index contributed by atoms with van der Waals surface area (Å²) in [6.45, 7) is 0.942. The Balaban J connectivity index is 1.21. The number of amides is 1. The standard InChI is InChI=1S/C24H23F2N3O3/c25-24(26)9-12-28(15-24)17-3-1-16(2-4-17)22(6-7-22)21(31)29-11-8-23(14-29)19-5-10-27-13-18(19)20(30)32-23/h1-5,10,13H,6-9,11-12,14-15H2. The molecule has 1 spiro atoms. The van der Waals surface area contributed by atoms with Gasteiger partial charge in [0.1, 0.15) is 0 Å². The molecule has 1 amide bonds. The van der Waals surface area contributed by atoms with Crippen LogP contribution in [0.5, 0.6) is 0 Å². The van der Waals surface area contributed by atoms with Gasteiger partial charge in [0.25, 0.3) is 5.92 Å².